The highest BCUT2D eigenvalue weighted by Crippen LogP contribution is 2.29. The lowest BCUT2D eigenvalue weighted by atomic mass is 10.2. The first-order valence-corrected chi connectivity index (χ1v) is 7.03. The molecule has 1 saturated carbocycles. The highest BCUT2D eigenvalue weighted by Gasteiger charge is 2.20. The van der Waals surface area contributed by atoms with Crippen LogP contribution in [-0.4, -0.2) is 25.9 Å². The molecule has 0 amide bonds. The Bertz CT molecular complexity index is 403. The van der Waals surface area contributed by atoms with E-state index in [0.717, 1.165) is 37.1 Å². The van der Waals surface area contributed by atoms with Crippen molar-refractivity contribution in [2.75, 3.05) is 30.8 Å². The van der Waals surface area contributed by atoms with Crippen molar-refractivity contribution < 1.29 is 9.47 Å². The van der Waals surface area contributed by atoms with Gasteiger partial charge in [0.15, 0.2) is 0 Å². The largest absolute Gasteiger partial charge is 0.489 e. The van der Waals surface area contributed by atoms with Gasteiger partial charge in [0, 0.05) is 24.9 Å². The van der Waals surface area contributed by atoms with E-state index < -0.39 is 0 Å². The van der Waals surface area contributed by atoms with E-state index >= 15 is 0 Å². The van der Waals surface area contributed by atoms with Gasteiger partial charge in [0.2, 0.25) is 0 Å². The summed E-state index contributed by atoms with van der Waals surface area (Å²) in [5, 5.41) is 3.32. The summed E-state index contributed by atoms with van der Waals surface area (Å²) in [5.74, 6) is 1.56. The number of hydrogen-bond acceptors (Lipinski definition) is 4. The minimum Gasteiger partial charge on any atom is -0.489 e. The Kier molecular flexibility index (Phi) is 4.91. The molecule has 19 heavy (non-hydrogen) atoms. The summed E-state index contributed by atoms with van der Waals surface area (Å²) < 4.78 is 11.2. The van der Waals surface area contributed by atoms with Gasteiger partial charge in [-0.05, 0) is 44.7 Å². The number of benzene rings is 1. The molecule has 0 bridgehead atoms. The first kappa shape index (κ1) is 14.0. The van der Waals surface area contributed by atoms with Crippen LogP contribution in [0, 0.1) is 5.92 Å². The Morgan fingerprint density at radius 3 is 2.84 bits per heavy atom. The molecule has 0 radical (unpaired) electrons. The van der Waals surface area contributed by atoms with Crippen LogP contribution < -0.4 is 15.8 Å². The lowest BCUT2D eigenvalue weighted by molar-refractivity contribution is 0.134. The fraction of sp³-hybridized carbons (Fsp3) is 0.600. The number of nitrogens with one attached hydrogen (secondary N) is 1. The van der Waals surface area contributed by atoms with Crippen LogP contribution >= 0.6 is 0 Å². The monoisotopic (exact) mass is 264 g/mol. The predicted octanol–water partition coefficient (Wildman–Crippen LogP) is 2.89. The maximum atomic E-state index is 5.88. The molecule has 3 N–H and O–H groups in total. The van der Waals surface area contributed by atoms with Crippen LogP contribution in [-0.2, 0) is 4.74 Å². The maximum Gasteiger partial charge on any atom is 0.144 e. The number of anilines is 2. The van der Waals surface area contributed by atoms with Crippen LogP contribution in [0.1, 0.15) is 26.7 Å². The Labute approximate surface area is 115 Å². The van der Waals surface area contributed by atoms with E-state index in [4.69, 9.17) is 15.2 Å². The fourth-order valence-corrected chi connectivity index (χ4v) is 1.80. The quantitative estimate of drug-likeness (QED) is 0.560. The van der Waals surface area contributed by atoms with Crippen molar-refractivity contribution in [3.63, 3.8) is 0 Å². The second-order valence-corrected chi connectivity index (χ2v) is 5.36. The topological polar surface area (TPSA) is 56.5 Å². The van der Waals surface area contributed by atoms with Crippen LogP contribution in [0.25, 0.3) is 0 Å². The summed E-state index contributed by atoms with van der Waals surface area (Å²) in [6, 6.07) is 5.77. The van der Waals surface area contributed by atoms with Gasteiger partial charge in [0.05, 0.1) is 18.4 Å². The van der Waals surface area contributed by atoms with Crippen molar-refractivity contribution in [1.82, 2.24) is 0 Å². The number of nitrogens with two attached hydrogens (primary N) is 1. The Morgan fingerprint density at radius 2 is 2.16 bits per heavy atom. The summed E-state index contributed by atoms with van der Waals surface area (Å²) in [4.78, 5) is 0. The minimum atomic E-state index is 0.124. The fourth-order valence-electron chi connectivity index (χ4n) is 1.80. The van der Waals surface area contributed by atoms with Gasteiger partial charge in [-0.15, -0.1) is 0 Å². The van der Waals surface area contributed by atoms with Gasteiger partial charge in [-0.25, -0.2) is 0 Å². The molecule has 2 rings (SSSR count). The first-order valence-electron chi connectivity index (χ1n) is 7.03. The molecule has 0 spiro atoms. The van der Waals surface area contributed by atoms with E-state index in [2.05, 4.69) is 5.32 Å². The van der Waals surface area contributed by atoms with Gasteiger partial charge in [-0.2, -0.15) is 0 Å². The van der Waals surface area contributed by atoms with E-state index in [-0.39, 0.29) is 6.10 Å². The number of rotatable bonds is 8. The molecule has 0 aromatic heterocycles. The van der Waals surface area contributed by atoms with E-state index in [0.29, 0.717) is 5.69 Å². The third-order valence-corrected chi connectivity index (χ3v) is 3.00. The standard InChI is InChI=1S/C15H24N2O2/c1-11(2)19-15-9-13(5-6-14(15)16)17-7-8-18-10-12-3-4-12/h5-6,9,11-12,17H,3-4,7-8,10,16H2,1-2H3. The van der Waals surface area contributed by atoms with Crippen LogP contribution in [0.5, 0.6) is 5.75 Å². The lowest BCUT2D eigenvalue weighted by Gasteiger charge is -2.14. The average molecular weight is 264 g/mol. The van der Waals surface area contributed by atoms with E-state index in [9.17, 15) is 0 Å². The molecular weight excluding hydrogens is 240 g/mol. The highest BCUT2D eigenvalue weighted by atomic mass is 16.5. The van der Waals surface area contributed by atoms with Gasteiger partial charge in [0.25, 0.3) is 0 Å². The third-order valence-electron chi connectivity index (χ3n) is 3.00. The van der Waals surface area contributed by atoms with Gasteiger partial charge in [-0.1, -0.05) is 0 Å². The number of ether oxygens (including phenoxy) is 2. The maximum absolute atomic E-state index is 5.88. The van der Waals surface area contributed by atoms with Gasteiger partial charge >= 0.3 is 0 Å². The van der Waals surface area contributed by atoms with Gasteiger partial charge < -0.3 is 20.5 Å². The molecule has 106 valence electrons. The molecule has 4 heteroatoms. The van der Waals surface area contributed by atoms with Gasteiger partial charge in [-0.3, -0.25) is 0 Å². The minimum absolute atomic E-state index is 0.124. The lowest BCUT2D eigenvalue weighted by Crippen LogP contribution is -2.11. The summed E-state index contributed by atoms with van der Waals surface area (Å²) in [6.45, 7) is 6.43. The van der Waals surface area contributed by atoms with Crippen LogP contribution in [0.2, 0.25) is 0 Å². The summed E-state index contributed by atoms with van der Waals surface area (Å²) in [7, 11) is 0. The van der Waals surface area contributed by atoms with Crippen LogP contribution in [0.15, 0.2) is 18.2 Å². The summed E-state index contributed by atoms with van der Waals surface area (Å²) >= 11 is 0. The molecular formula is C15H24N2O2. The van der Waals surface area contributed by atoms with E-state index in [1.54, 1.807) is 0 Å². The zero-order valence-corrected chi connectivity index (χ0v) is 11.8. The normalized spacial score (nSPS) is 14.7. The average Bonchev–Trinajstić information content (AvgIpc) is 3.16. The highest BCUT2D eigenvalue weighted by molar-refractivity contribution is 5.61. The van der Waals surface area contributed by atoms with Crippen LogP contribution in [0.4, 0.5) is 11.4 Å². The Balaban J connectivity index is 1.75. The Hall–Kier alpha value is -1.42. The van der Waals surface area contributed by atoms with Crippen molar-refractivity contribution in [3.05, 3.63) is 18.2 Å². The summed E-state index contributed by atoms with van der Waals surface area (Å²) in [5.41, 5.74) is 7.56. The van der Waals surface area contributed by atoms with Crippen molar-refractivity contribution in [1.29, 1.82) is 0 Å². The zero-order chi connectivity index (χ0) is 13.7. The number of hydrogen-bond donors (Lipinski definition) is 2. The first-order chi connectivity index (χ1) is 9.15. The molecule has 1 aromatic carbocycles. The van der Waals surface area contributed by atoms with Crippen molar-refractivity contribution >= 4 is 11.4 Å². The molecule has 0 atom stereocenters. The smallest absolute Gasteiger partial charge is 0.144 e. The van der Waals surface area contributed by atoms with Crippen molar-refractivity contribution in [2.45, 2.75) is 32.8 Å². The van der Waals surface area contributed by atoms with Crippen molar-refractivity contribution in [2.24, 2.45) is 5.92 Å². The molecule has 1 aliphatic carbocycles. The Morgan fingerprint density at radius 1 is 1.37 bits per heavy atom. The van der Waals surface area contributed by atoms with Crippen molar-refractivity contribution in [3.8, 4) is 5.75 Å². The van der Waals surface area contributed by atoms with E-state index in [1.807, 2.05) is 32.0 Å². The molecule has 1 aliphatic rings. The number of nitrogen functional groups attached to an aromatic ring is 1. The molecule has 0 saturated heterocycles. The summed E-state index contributed by atoms with van der Waals surface area (Å²) in [6.07, 6.45) is 2.79. The molecule has 0 heterocycles. The third kappa shape index (κ3) is 4.99. The van der Waals surface area contributed by atoms with Gasteiger partial charge in [0.1, 0.15) is 5.75 Å². The SMILES string of the molecule is CC(C)Oc1cc(NCCOCC2CC2)ccc1N. The molecule has 0 unspecified atom stereocenters. The van der Waals surface area contributed by atoms with E-state index in [1.165, 1.54) is 12.8 Å². The second-order valence-electron chi connectivity index (χ2n) is 5.36. The molecule has 0 aliphatic heterocycles. The predicted molar refractivity (Wildman–Crippen MR) is 78.7 cm³/mol. The zero-order valence-electron chi connectivity index (χ0n) is 11.8. The molecule has 4 nitrogen and oxygen atoms in total. The second kappa shape index (κ2) is 6.66. The molecule has 1 fully saturated rings. The van der Waals surface area contributed by atoms with Crippen LogP contribution in [0.3, 0.4) is 0 Å². The molecule has 1 aromatic rings.